The summed E-state index contributed by atoms with van der Waals surface area (Å²) >= 11 is 17.5. The van der Waals surface area contributed by atoms with Gasteiger partial charge in [-0.15, -0.1) is 11.6 Å². The lowest BCUT2D eigenvalue weighted by Crippen LogP contribution is -2.09. The maximum Gasteiger partial charge on any atom is 0.146 e. The van der Waals surface area contributed by atoms with E-state index in [4.69, 9.17) is 39.6 Å². The first kappa shape index (κ1) is 11.1. The van der Waals surface area contributed by atoms with Gasteiger partial charge in [-0.1, -0.05) is 34.4 Å². The molecule has 15 heavy (non-hydrogen) atoms. The van der Waals surface area contributed by atoms with Gasteiger partial charge in [0.2, 0.25) is 0 Å². The Labute approximate surface area is 103 Å². The SMILES string of the molecule is ClCC1CC(c2ccc(Cl)cc2Cl)=NO1. The molecule has 2 rings (SSSR count). The average molecular weight is 265 g/mol. The van der Waals surface area contributed by atoms with E-state index in [1.807, 2.05) is 6.07 Å². The highest BCUT2D eigenvalue weighted by molar-refractivity contribution is 6.37. The smallest absolute Gasteiger partial charge is 0.146 e. The third-order valence-corrected chi connectivity index (χ3v) is 3.04. The van der Waals surface area contributed by atoms with Gasteiger partial charge in [0.05, 0.1) is 16.6 Å². The molecule has 1 heterocycles. The summed E-state index contributed by atoms with van der Waals surface area (Å²) in [5.41, 5.74) is 1.68. The van der Waals surface area contributed by atoms with Crippen molar-refractivity contribution in [2.24, 2.45) is 5.16 Å². The van der Waals surface area contributed by atoms with Gasteiger partial charge in [0, 0.05) is 17.0 Å². The second-order valence-electron chi connectivity index (χ2n) is 3.25. The molecule has 2 nitrogen and oxygen atoms in total. The molecule has 0 saturated heterocycles. The molecule has 80 valence electrons. The quantitative estimate of drug-likeness (QED) is 0.746. The van der Waals surface area contributed by atoms with E-state index in [9.17, 15) is 0 Å². The molecule has 1 aliphatic rings. The van der Waals surface area contributed by atoms with Crippen molar-refractivity contribution in [2.45, 2.75) is 12.5 Å². The van der Waals surface area contributed by atoms with Crippen LogP contribution in [0.3, 0.4) is 0 Å². The Bertz CT molecular complexity index is 406. The molecule has 0 N–H and O–H groups in total. The molecular weight excluding hydrogens is 256 g/mol. The van der Waals surface area contributed by atoms with Crippen molar-refractivity contribution in [1.29, 1.82) is 0 Å². The summed E-state index contributed by atoms with van der Waals surface area (Å²) in [6.45, 7) is 0. The van der Waals surface area contributed by atoms with E-state index in [-0.39, 0.29) is 6.10 Å². The number of hydrogen-bond acceptors (Lipinski definition) is 2. The summed E-state index contributed by atoms with van der Waals surface area (Å²) in [5.74, 6) is 0.429. The maximum absolute atomic E-state index is 6.05. The van der Waals surface area contributed by atoms with Crippen LogP contribution in [-0.4, -0.2) is 17.7 Å². The molecule has 0 radical (unpaired) electrons. The lowest BCUT2D eigenvalue weighted by Gasteiger charge is -2.03. The summed E-state index contributed by atoms with van der Waals surface area (Å²) in [7, 11) is 0. The second kappa shape index (κ2) is 4.60. The molecule has 0 aliphatic carbocycles. The number of nitrogens with zero attached hydrogens (tertiary/aromatic N) is 1. The largest absolute Gasteiger partial charge is 0.391 e. The van der Waals surface area contributed by atoms with Crippen LogP contribution in [0.25, 0.3) is 0 Å². The van der Waals surface area contributed by atoms with E-state index >= 15 is 0 Å². The number of halogens is 3. The van der Waals surface area contributed by atoms with Gasteiger partial charge in [-0.05, 0) is 12.1 Å². The minimum absolute atomic E-state index is 0.0478. The van der Waals surface area contributed by atoms with E-state index in [0.717, 1.165) is 11.3 Å². The fourth-order valence-corrected chi connectivity index (χ4v) is 2.08. The van der Waals surface area contributed by atoms with Crippen molar-refractivity contribution in [1.82, 2.24) is 0 Å². The molecule has 1 aromatic rings. The van der Waals surface area contributed by atoms with E-state index in [1.165, 1.54) is 0 Å². The van der Waals surface area contributed by atoms with Crippen molar-refractivity contribution in [2.75, 3.05) is 5.88 Å². The Hall–Kier alpha value is -0.440. The van der Waals surface area contributed by atoms with Crippen molar-refractivity contribution < 1.29 is 4.84 Å². The summed E-state index contributed by atoms with van der Waals surface area (Å²) < 4.78 is 0. The molecule has 1 aliphatic heterocycles. The molecule has 1 aromatic carbocycles. The molecular formula is C10H8Cl3NO. The van der Waals surface area contributed by atoms with Crippen LogP contribution in [0.15, 0.2) is 23.4 Å². The van der Waals surface area contributed by atoms with E-state index < -0.39 is 0 Å². The first-order valence-electron chi connectivity index (χ1n) is 4.45. The van der Waals surface area contributed by atoms with E-state index in [1.54, 1.807) is 12.1 Å². The Morgan fingerprint density at radius 1 is 1.40 bits per heavy atom. The molecule has 5 heteroatoms. The predicted molar refractivity (Wildman–Crippen MR) is 63.2 cm³/mol. The standard InChI is InChI=1S/C10H8Cl3NO/c11-5-7-4-10(14-15-7)8-2-1-6(12)3-9(8)13/h1-3,7H,4-5H2. The lowest BCUT2D eigenvalue weighted by atomic mass is 10.1. The fraction of sp³-hybridized carbons (Fsp3) is 0.300. The van der Waals surface area contributed by atoms with Crippen LogP contribution in [0, 0.1) is 0 Å². The average Bonchev–Trinajstić information content (AvgIpc) is 2.66. The number of hydrogen-bond donors (Lipinski definition) is 0. The van der Waals surface area contributed by atoms with Crippen LogP contribution >= 0.6 is 34.8 Å². The van der Waals surface area contributed by atoms with Gasteiger partial charge < -0.3 is 4.84 Å². The Morgan fingerprint density at radius 3 is 2.80 bits per heavy atom. The Balaban J connectivity index is 2.24. The minimum Gasteiger partial charge on any atom is -0.391 e. The molecule has 1 unspecified atom stereocenters. The summed E-state index contributed by atoms with van der Waals surface area (Å²) in [6, 6.07) is 5.30. The number of benzene rings is 1. The first-order chi connectivity index (χ1) is 7.20. The zero-order valence-electron chi connectivity index (χ0n) is 7.71. The third-order valence-electron chi connectivity index (χ3n) is 2.15. The highest BCUT2D eigenvalue weighted by Gasteiger charge is 2.22. The number of rotatable bonds is 2. The number of alkyl halides is 1. The zero-order chi connectivity index (χ0) is 10.8. The van der Waals surface area contributed by atoms with Crippen molar-refractivity contribution in [3.63, 3.8) is 0 Å². The molecule has 0 amide bonds. The van der Waals surface area contributed by atoms with Crippen LogP contribution < -0.4 is 0 Å². The highest BCUT2D eigenvalue weighted by atomic mass is 35.5. The van der Waals surface area contributed by atoms with Gasteiger partial charge in [0.25, 0.3) is 0 Å². The summed E-state index contributed by atoms with van der Waals surface area (Å²) in [5, 5.41) is 5.15. The molecule has 0 spiro atoms. The maximum atomic E-state index is 6.05. The topological polar surface area (TPSA) is 21.6 Å². The molecule has 0 fully saturated rings. The fourth-order valence-electron chi connectivity index (χ4n) is 1.39. The molecule has 0 saturated carbocycles. The van der Waals surface area contributed by atoms with Crippen LogP contribution in [-0.2, 0) is 4.84 Å². The summed E-state index contributed by atoms with van der Waals surface area (Å²) in [6.07, 6.45) is 0.638. The second-order valence-corrected chi connectivity index (χ2v) is 4.40. The van der Waals surface area contributed by atoms with Crippen molar-refractivity contribution in [3.8, 4) is 0 Å². The summed E-state index contributed by atoms with van der Waals surface area (Å²) in [4.78, 5) is 5.12. The van der Waals surface area contributed by atoms with Gasteiger partial charge in [0.1, 0.15) is 6.10 Å². The normalized spacial score (nSPS) is 19.9. The van der Waals surface area contributed by atoms with Gasteiger partial charge in [-0.3, -0.25) is 0 Å². The predicted octanol–water partition coefficient (Wildman–Crippen LogP) is 3.73. The Morgan fingerprint density at radius 2 is 2.20 bits per heavy atom. The zero-order valence-corrected chi connectivity index (χ0v) is 9.98. The molecule has 0 aromatic heterocycles. The monoisotopic (exact) mass is 263 g/mol. The van der Waals surface area contributed by atoms with Crippen LogP contribution in [0.5, 0.6) is 0 Å². The molecule has 0 bridgehead atoms. The lowest BCUT2D eigenvalue weighted by molar-refractivity contribution is 0.102. The van der Waals surface area contributed by atoms with Crippen molar-refractivity contribution in [3.05, 3.63) is 33.8 Å². The van der Waals surface area contributed by atoms with E-state index in [2.05, 4.69) is 5.16 Å². The van der Waals surface area contributed by atoms with Crippen LogP contribution in [0.2, 0.25) is 10.0 Å². The first-order valence-corrected chi connectivity index (χ1v) is 5.74. The Kier molecular flexibility index (Phi) is 3.39. The minimum atomic E-state index is -0.0478. The van der Waals surface area contributed by atoms with Gasteiger partial charge in [-0.25, -0.2) is 0 Å². The third kappa shape index (κ3) is 2.39. The van der Waals surface area contributed by atoms with Crippen molar-refractivity contribution >= 4 is 40.5 Å². The number of oxime groups is 1. The van der Waals surface area contributed by atoms with Crippen LogP contribution in [0.4, 0.5) is 0 Å². The molecule has 1 atom stereocenters. The van der Waals surface area contributed by atoms with Gasteiger partial charge in [0.15, 0.2) is 0 Å². The van der Waals surface area contributed by atoms with Crippen LogP contribution in [0.1, 0.15) is 12.0 Å². The highest BCUT2D eigenvalue weighted by Crippen LogP contribution is 2.26. The van der Waals surface area contributed by atoms with Gasteiger partial charge in [-0.2, -0.15) is 0 Å². The van der Waals surface area contributed by atoms with Gasteiger partial charge >= 0.3 is 0 Å². The van der Waals surface area contributed by atoms with E-state index in [0.29, 0.717) is 22.3 Å².